The van der Waals surface area contributed by atoms with Crippen molar-refractivity contribution in [1.29, 1.82) is 0 Å². The van der Waals surface area contributed by atoms with Gasteiger partial charge in [-0.05, 0) is 0 Å². The van der Waals surface area contributed by atoms with Gasteiger partial charge in [-0.25, -0.2) is 0 Å². The van der Waals surface area contributed by atoms with Gasteiger partial charge in [0.15, 0.2) is 0 Å². The Morgan fingerprint density at radius 3 is 0.625 bits per heavy atom. The lowest BCUT2D eigenvalue weighted by Gasteiger charge is -1.76. The lowest BCUT2D eigenvalue weighted by molar-refractivity contribution is 0.366. The predicted octanol–water partition coefficient (Wildman–Crippen LogP) is -1.37. The molecular formula is H8O6P2. The first-order valence-corrected chi connectivity index (χ1v) is 3.60. The second kappa shape index (κ2) is 7.62. The van der Waals surface area contributed by atoms with E-state index in [4.69, 9.17) is 29.4 Å². The van der Waals surface area contributed by atoms with Crippen LogP contribution < -0.4 is 0 Å². The summed E-state index contributed by atoms with van der Waals surface area (Å²) in [5, 5.41) is 0. The maximum absolute atomic E-state index is 7.23. The normalized spacial score (nSPS) is 9.00. The van der Waals surface area contributed by atoms with Crippen LogP contribution in [0, 0.1) is 0 Å². The summed E-state index contributed by atoms with van der Waals surface area (Å²) in [6, 6.07) is 0. The maximum Gasteiger partial charge on any atom is 0.324 e. The number of rotatable bonds is 0. The van der Waals surface area contributed by atoms with Gasteiger partial charge in [-0.3, -0.25) is 0 Å². The Morgan fingerprint density at radius 2 is 0.625 bits per heavy atom. The fourth-order valence-electron chi connectivity index (χ4n) is 0. The van der Waals surface area contributed by atoms with Crippen LogP contribution in [-0.4, -0.2) is 29.4 Å². The Labute approximate surface area is 49.1 Å². The fraction of sp³-hybridized carbons (Fsp3) is 0. The van der Waals surface area contributed by atoms with Crippen molar-refractivity contribution in [3.63, 3.8) is 0 Å². The largest absolute Gasteiger partial charge is 0.328 e. The van der Waals surface area contributed by atoms with Crippen LogP contribution in [0.25, 0.3) is 0 Å². The highest BCUT2D eigenvalue weighted by molar-refractivity contribution is 7.38. The summed E-state index contributed by atoms with van der Waals surface area (Å²) in [4.78, 5) is 43.4. The van der Waals surface area contributed by atoms with Crippen LogP contribution >= 0.6 is 17.2 Å². The van der Waals surface area contributed by atoms with E-state index in [-0.39, 0.29) is 1.43 Å². The van der Waals surface area contributed by atoms with Crippen molar-refractivity contribution in [1.82, 2.24) is 0 Å². The summed E-state index contributed by atoms with van der Waals surface area (Å²) in [7, 11) is -5.24. The lowest BCUT2D eigenvalue weighted by Crippen LogP contribution is -1.54. The molecule has 0 aromatic rings. The topological polar surface area (TPSA) is 121 Å². The third-order valence-electron chi connectivity index (χ3n) is 0. The van der Waals surface area contributed by atoms with Crippen molar-refractivity contribution in [3.8, 4) is 0 Å². The molecule has 0 aromatic carbocycles. The first-order valence-electron chi connectivity index (χ1n) is 1.20. The van der Waals surface area contributed by atoms with Crippen LogP contribution in [0.2, 0.25) is 0 Å². The molecule has 0 heterocycles. The van der Waals surface area contributed by atoms with Gasteiger partial charge < -0.3 is 29.4 Å². The number of hydrogen-bond donors (Lipinski definition) is 6. The van der Waals surface area contributed by atoms with Gasteiger partial charge in [0.25, 0.3) is 0 Å². The Bertz CT molecular complexity index is 26.5. The van der Waals surface area contributed by atoms with Gasteiger partial charge in [-0.1, -0.05) is 0 Å². The van der Waals surface area contributed by atoms with E-state index in [1.54, 1.807) is 0 Å². The van der Waals surface area contributed by atoms with Crippen LogP contribution in [-0.2, 0) is 0 Å². The molecule has 0 saturated carbocycles. The van der Waals surface area contributed by atoms with Crippen molar-refractivity contribution in [3.05, 3.63) is 0 Å². The van der Waals surface area contributed by atoms with E-state index in [1.807, 2.05) is 0 Å². The second-order valence-corrected chi connectivity index (χ2v) is 1.61. The van der Waals surface area contributed by atoms with E-state index in [0.29, 0.717) is 0 Å². The maximum atomic E-state index is 7.23. The molecule has 0 rings (SSSR count). The lowest BCUT2D eigenvalue weighted by atomic mass is 15.8. The zero-order chi connectivity index (χ0) is 7.15. The zero-order valence-corrected chi connectivity index (χ0v) is 5.37. The smallest absolute Gasteiger partial charge is 0.324 e. The van der Waals surface area contributed by atoms with Crippen molar-refractivity contribution in [2.45, 2.75) is 0 Å². The first-order chi connectivity index (χ1) is 3.46. The van der Waals surface area contributed by atoms with E-state index in [2.05, 4.69) is 0 Å². The third kappa shape index (κ3) is 544. The molecule has 0 bridgehead atoms. The van der Waals surface area contributed by atoms with Crippen LogP contribution in [0.15, 0.2) is 0 Å². The van der Waals surface area contributed by atoms with Gasteiger partial charge in [-0.15, -0.1) is 0 Å². The Hall–Kier alpha value is 0.620. The van der Waals surface area contributed by atoms with Gasteiger partial charge in [-0.2, -0.15) is 0 Å². The third-order valence-corrected chi connectivity index (χ3v) is 0. The molecule has 0 aromatic heterocycles. The van der Waals surface area contributed by atoms with E-state index >= 15 is 0 Å². The molecule has 6 N–H and O–H groups in total. The SMILES string of the molecule is OP(O)O.OP(O)O.[2HH]. The molecule has 8 heteroatoms. The first kappa shape index (κ1) is 11.4. The van der Waals surface area contributed by atoms with Gasteiger partial charge in [0, 0.05) is 1.43 Å². The minimum absolute atomic E-state index is 0. The fourth-order valence-corrected chi connectivity index (χ4v) is 0. The highest BCUT2D eigenvalue weighted by Crippen LogP contribution is 2.12. The molecule has 0 aliphatic carbocycles. The highest BCUT2D eigenvalue weighted by Gasteiger charge is 1.76. The molecule has 0 fully saturated rings. The molecule has 0 unspecified atom stereocenters. The van der Waals surface area contributed by atoms with Crippen molar-refractivity contribution < 1.29 is 30.8 Å². The average molecular weight is 167 g/mol. The van der Waals surface area contributed by atoms with E-state index in [9.17, 15) is 0 Å². The summed E-state index contributed by atoms with van der Waals surface area (Å²) >= 11 is 0. The Balaban J connectivity index is -0.0000000720. The van der Waals surface area contributed by atoms with Crippen LogP contribution in [0.4, 0.5) is 0 Å². The molecule has 0 amide bonds. The summed E-state index contributed by atoms with van der Waals surface area (Å²) in [6.45, 7) is 0. The van der Waals surface area contributed by atoms with E-state index in [0.717, 1.165) is 0 Å². The van der Waals surface area contributed by atoms with Crippen molar-refractivity contribution >= 4 is 17.2 Å². The summed E-state index contributed by atoms with van der Waals surface area (Å²) in [5.74, 6) is 0. The van der Waals surface area contributed by atoms with Crippen molar-refractivity contribution in [2.75, 3.05) is 0 Å². The van der Waals surface area contributed by atoms with Crippen molar-refractivity contribution in [2.24, 2.45) is 0 Å². The summed E-state index contributed by atoms with van der Waals surface area (Å²) in [6.07, 6.45) is 0. The van der Waals surface area contributed by atoms with Gasteiger partial charge in [0.05, 0.1) is 0 Å². The van der Waals surface area contributed by atoms with E-state index < -0.39 is 17.2 Å². The van der Waals surface area contributed by atoms with Crippen LogP contribution in [0.1, 0.15) is 1.43 Å². The predicted molar refractivity (Wildman–Crippen MR) is 29.3 cm³/mol. The zero-order valence-electron chi connectivity index (χ0n) is 3.58. The summed E-state index contributed by atoms with van der Waals surface area (Å²) in [5.41, 5.74) is 0. The molecule has 54 valence electrons. The molecule has 0 radical (unpaired) electrons. The standard InChI is InChI=1S/2H3O3P.H2/c2*1-4(2)3;/h2*1-3H;1H/i;;1+1. The quantitative estimate of drug-likeness (QED) is 0.247. The second-order valence-electron chi connectivity index (χ2n) is 0.537. The molecule has 0 aliphatic heterocycles. The van der Waals surface area contributed by atoms with Gasteiger partial charge in [0.1, 0.15) is 0 Å². The molecule has 0 atom stereocenters. The minimum Gasteiger partial charge on any atom is -0.328 e. The Kier molecular flexibility index (Phi) is 10.9. The van der Waals surface area contributed by atoms with Crippen LogP contribution in [0.5, 0.6) is 0 Å². The highest BCUT2D eigenvalue weighted by atomic mass is 31.2. The van der Waals surface area contributed by atoms with Gasteiger partial charge in [0.2, 0.25) is 0 Å². The van der Waals surface area contributed by atoms with E-state index in [1.165, 1.54) is 0 Å². The molecule has 0 saturated heterocycles. The monoisotopic (exact) mass is 167 g/mol. The molecule has 0 aliphatic rings. The summed E-state index contributed by atoms with van der Waals surface area (Å²) < 4.78 is 0. The van der Waals surface area contributed by atoms with Gasteiger partial charge >= 0.3 is 17.2 Å². The van der Waals surface area contributed by atoms with Crippen LogP contribution in [0.3, 0.4) is 0 Å². The average Bonchev–Trinajstić information content (AvgIpc) is 1.25. The molecular weight excluding hydrogens is 158 g/mol. The minimum atomic E-state index is -2.62. The molecule has 0 spiro atoms. The molecule has 6 nitrogen and oxygen atoms in total. The Morgan fingerprint density at radius 1 is 0.625 bits per heavy atom. The number of hydrogen-bond acceptors (Lipinski definition) is 6. The molecule has 8 heavy (non-hydrogen) atoms.